The largest absolute Gasteiger partial charge is 0.481 e. The van der Waals surface area contributed by atoms with Gasteiger partial charge in [-0.3, -0.25) is 19.2 Å². The van der Waals surface area contributed by atoms with Gasteiger partial charge in [-0.1, -0.05) is 40.2 Å². The maximum Gasteiger partial charge on any atom is 0.306 e. The number of rotatable bonds is 5. The van der Waals surface area contributed by atoms with E-state index < -0.39 is 45.8 Å². The molecule has 7 nitrogen and oxygen atoms in total. The van der Waals surface area contributed by atoms with Gasteiger partial charge in [0, 0.05) is 24.8 Å². The fraction of sp³-hybridized carbons (Fsp3) is 0.733. The molecule has 4 aliphatic rings. The van der Waals surface area contributed by atoms with Crippen LogP contribution in [-0.2, 0) is 19.2 Å². The molecule has 0 radical (unpaired) electrons. The third kappa shape index (κ3) is 3.75. The van der Waals surface area contributed by atoms with Crippen molar-refractivity contribution in [3.63, 3.8) is 0 Å². The molecular formula is C30H42O7. The first-order valence-electron chi connectivity index (χ1n) is 13.5. The van der Waals surface area contributed by atoms with Crippen molar-refractivity contribution in [1.82, 2.24) is 0 Å². The maximum absolute atomic E-state index is 14.0. The van der Waals surface area contributed by atoms with Crippen LogP contribution in [0.15, 0.2) is 22.8 Å². The topological polar surface area (TPSA) is 129 Å². The van der Waals surface area contributed by atoms with Crippen molar-refractivity contribution in [2.24, 2.45) is 39.4 Å². The highest BCUT2D eigenvalue weighted by Gasteiger charge is 2.69. The molecule has 2 fully saturated rings. The zero-order chi connectivity index (χ0) is 27.9. The lowest BCUT2D eigenvalue weighted by Gasteiger charge is -2.61. The Hall–Kier alpha value is -2.12. The monoisotopic (exact) mass is 514 g/mol. The average molecular weight is 515 g/mol. The number of aliphatic hydroxyl groups is 2. The number of carboxylic acid groups (broad SMARTS) is 1. The lowest BCUT2D eigenvalue weighted by molar-refractivity contribution is -0.143. The van der Waals surface area contributed by atoms with Gasteiger partial charge in [-0.05, 0) is 72.8 Å². The molecule has 4 rings (SSSR count). The van der Waals surface area contributed by atoms with Gasteiger partial charge in [0.1, 0.15) is 5.78 Å². The van der Waals surface area contributed by atoms with Crippen molar-refractivity contribution in [3.05, 3.63) is 22.8 Å². The van der Waals surface area contributed by atoms with Gasteiger partial charge in [0.25, 0.3) is 0 Å². The molecule has 0 bridgehead atoms. The van der Waals surface area contributed by atoms with Gasteiger partial charge in [0.15, 0.2) is 11.6 Å². The molecule has 0 aromatic carbocycles. The zero-order valence-electron chi connectivity index (χ0n) is 23.2. The summed E-state index contributed by atoms with van der Waals surface area (Å²) in [6, 6.07) is 0. The molecule has 4 aliphatic carbocycles. The Morgan fingerprint density at radius 1 is 1.11 bits per heavy atom. The summed E-state index contributed by atoms with van der Waals surface area (Å²) in [7, 11) is 0. The number of carbonyl (C=O) groups excluding carboxylic acids is 3. The van der Waals surface area contributed by atoms with E-state index in [-0.39, 0.29) is 48.4 Å². The summed E-state index contributed by atoms with van der Waals surface area (Å²) in [5.41, 5.74) is -1.06. The molecule has 0 saturated heterocycles. The summed E-state index contributed by atoms with van der Waals surface area (Å²) in [5, 5.41) is 31.5. The van der Waals surface area contributed by atoms with Crippen LogP contribution in [0, 0.1) is 39.4 Å². The normalized spacial score (nSPS) is 42.1. The highest BCUT2D eigenvalue weighted by atomic mass is 16.4. The summed E-state index contributed by atoms with van der Waals surface area (Å²) >= 11 is 0. The van der Waals surface area contributed by atoms with Crippen molar-refractivity contribution in [3.8, 4) is 0 Å². The molecule has 0 spiro atoms. The number of aliphatic hydroxyl groups excluding tert-OH is 2. The Bertz CT molecular complexity index is 1130. The van der Waals surface area contributed by atoms with Crippen LogP contribution >= 0.6 is 0 Å². The SMILES string of the molecule is C/C(=C/C(=O)CC(C)C(=O)O)C1CC(=O)[C@@]2(C)C3=C(C(=O)C[C@]12C)[C@@]1(C)CC[C@H](O)C(C)(C)C1C[C@@H]3O. The molecule has 2 saturated carbocycles. The van der Waals surface area contributed by atoms with E-state index in [2.05, 4.69) is 6.92 Å². The van der Waals surface area contributed by atoms with Crippen molar-refractivity contribution < 1.29 is 34.5 Å². The lowest BCUT2D eigenvalue weighted by atomic mass is 9.42. The van der Waals surface area contributed by atoms with Crippen LogP contribution in [0.3, 0.4) is 0 Å². The van der Waals surface area contributed by atoms with Gasteiger partial charge in [0.2, 0.25) is 0 Å². The molecule has 0 aliphatic heterocycles. The first-order valence-corrected chi connectivity index (χ1v) is 13.5. The van der Waals surface area contributed by atoms with Gasteiger partial charge in [0.05, 0.1) is 23.5 Å². The number of allylic oxidation sites excluding steroid dienone is 3. The second-order valence-corrected chi connectivity index (χ2v) is 13.5. The second kappa shape index (κ2) is 8.70. The van der Waals surface area contributed by atoms with Crippen molar-refractivity contribution >= 4 is 23.3 Å². The van der Waals surface area contributed by atoms with Crippen LogP contribution in [0.5, 0.6) is 0 Å². The number of hydrogen-bond donors (Lipinski definition) is 3. The Morgan fingerprint density at radius 2 is 1.73 bits per heavy atom. The smallest absolute Gasteiger partial charge is 0.306 e. The van der Waals surface area contributed by atoms with Gasteiger partial charge in [-0.15, -0.1) is 0 Å². The lowest BCUT2D eigenvalue weighted by Crippen LogP contribution is -2.60. The second-order valence-electron chi connectivity index (χ2n) is 13.5. The molecule has 7 heteroatoms. The number of carboxylic acids is 1. The van der Waals surface area contributed by atoms with E-state index in [9.17, 15) is 29.4 Å². The molecule has 3 N–H and O–H groups in total. The number of fused-ring (bicyclic) bond motifs is 4. The van der Waals surface area contributed by atoms with Crippen LogP contribution in [0.4, 0.5) is 0 Å². The molecule has 0 aromatic heterocycles. The summed E-state index contributed by atoms with van der Waals surface area (Å²) in [4.78, 5) is 51.7. The predicted octanol–water partition coefficient (Wildman–Crippen LogP) is 4.05. The van der Waals surface area contributed by atoms with Crippen LogP contribution < -0.4 is 0 Å². The third-order valence-corrected chi connectivity index (χ3v) is 11.2. The van der Waals surface area contributed by atoms with E-state index in [1.807, 2.05) is 27.7 Å². The van der Waals surface area contributed by atoms with Gasteiger partial charge >= 0.3 is 5.97 Å². The van der Waals surface area contributed by atoms with E-state index in [0.717, 1.165) is 0 Å². The number of Topliss-reactive ketones (excluding diaryl/α,β-unsaturated/α-hetero) is 2. The molecule has 0 amide bonds. The fourth-order valence-corrected chi connectivity index (χ4v) is 8.69. The standard InChI is InChI=1S/C30H42O7/c1-15(10-17(31)11-16(2)26(36)37)18-12-23(35)30(7)25-19(32)13-21-27(3,4)22(34)8-9-28(21,5)24(25)20(33)14-29(18,30)6/h10,16,18-19,21-22,32,34H,8-9,11-14H2,1-7H3,(H,36,37)/b15-10-/t16?,18?,19-,21?,22-,28-,29+,30-/m0/s1. The minimum atomic E-state index is -1.05. The van der Waals surface area contributed by atoms with Crippen molar-refractivity contribution in [1.29, 1.82) is 0 Å². The van der Waals surface area contributed by atoms with E-state index in [1.54, 1.807) is 6.92 Å². The van der Waals surface area contributed by atoms with E-state index in [0.29, 0.717) is 36.0 Å². The minimum Gasteiger partial charge on any atom is -0.481 e. The number of hydrogen-bond acceptors (Lipinski definition) is 6. The molecule has 37 heavy (non-hydrogen) atoms. The quantitative estimate of drug-likeness (QED) is 0.472. The minimum absolute atomic E-state index is 0.0321. The molecular weight excluding hydrogens is 472 g/mol. The summed E-state index contributed by atoms with van der Waals surface area (Å²) in [6.07, 6.45) is 1.71. The zero-order valence-corrected chi connectivity index (χ0v) is 23.2. The number of aliphatic carboxylic acids is 1. The van der Waals surface area contributed by atoms with Gasteiger partial charge in [-0.2, -0.15) is 0 Å². The van der Waals surface area contributed by atoms with Crippen molar-refractivity contribution in [2.75, 3.05) is 0 Å². The molecule has 0 heterocycles. The van der Waals surface area contributed by atoms with Crippen LogP contribution in [0.1, 0.15) is 87.0 Å². The Kier molecular flexibility index (Phi) is 6.56. The fourth-order valence-electron chi connectivity index (χ4n) is 8.69. The van der Waals surface area contributed by atoms with Gasteiger partial charge < -0.3 is 15.3 Å². The molecule has 8 atom stereocenters. The molecule has 204 valence electrons. The number of ketones is 3. The maximum atomic E-state index is 14.0. The Labute approximate surface area is 219 Å². The highest BCUT2D eigenvalue weighted by Crippen LogP contribution is 2.70. The van der Waals surface area contributed by atoms with E-state index in [1.165, 1.54) is 13.0 Å². The third-order valence-electron chi connectivity index (χ3n) is 11.2. The van der Waals surface area contributed by atoms with Gasteiger partial charge in [-0.25, -0.2) is 0 Å². The van der Waals surface area contributed by atoms with E-state index >= 15 is 0 Å². The summed E-state index contributed by atoms with van der Waals surface area (Å²) < 4.78 is 0. The average Bonchev–Trinajstić information content (AvgIpc) is 2.99. The molecule has 3 unspecified atom stereocenters. The summed E-state index contributed by atoms with van der Waals surface area (Å²) in [5.74, 6) is -2.71. The molecule has 0 aromatic rings. The number of carbonyl (C=O) groups is 4. The summed E-state index contributed by atoms with van der Waals surface area (Å²) in [6.45, 7) is 13.1. The Balaban J connectivity index is 1.80. The first kappa shape index (κ1) is 27.9. The predicted molar refractivity (Wildman–Crippen MR) is 137 cm³/mol. The van der Waals surface area contributed by atoms with Crippen LogP contribution in [0.25, 0.3) is 0 Å². The van der Waals surface area contributed by atoms with E-state index in [4.69, 9.17) is 5.11 Å². The Morgan fingerprint density at radius 3 is 2.32 bits per heavy atom. The van der Waals surface area contributed by atoms with Crippen LogP contribution in [-0.4, -0.2) is 50.8 Å². The van der Waals surface area contributed by atoms with Crippen molar-refractivity contribution in [2.45, 2.75) is 99.2 Å². The highest BCUT2D eigenvalue weighted by molar-refractivity contribution is 6.05. The van der Waals surface area contributed by atoms with Crippen LogP contribution in [0.2, 0.25) is 0 Å². The first-order chi connectivity index (χ1) is 16.9.